The molecule has 1 unspecified atom stereocenters. The number of aryl methyl sites for hydroxylation is 1. The van der Waals surface area contributed by atoms with Gasteiger partial charge in [0.2, 0.25) is 5.12 Å². The van der Waals surface area contributed by atoms with Crippen LogP contribution < -0.4 is 5.32 Å². The summed E-state index contributed by atoms with van der Waals surface area (Å²) < 4.78 is 2.04. The van der Waals surface area contributed by atoms with Gasteiger partial charge in [-0.2, -0.15) is 0 Å². The quantitative estimate of drug-likeness (QED) is 0.899. The summed E-state index contributed by atoms with van der Waals surface area (Å²) in [4.78, 5) is 22.8. The zero-order valence-electron chi connectivity index (χ0n) is 9.84. The van der Waals surface area contributed by atoms with Crippen LogP contribution in [0.15, 0.2) is 30.5 Å². The fourth-order valence-corrected chi connectivity index (χ4v) is 2.96. The van der Waals surface area contributed by atoms with Gasteiger partial charge < -0.3 is 9.88 Å². The van der Waals surface area contributed by atoms with Crippen molar-refractivity contribution in [2.45, 2.75) is 12.5 Å². The molecule has 1 aliphatic heterocycles. The number of fused-ring (bicyclic) bond motifs is 1. The lowest BCUT2D eigenvalue weighted by Crippen LogP contribution is -2.30. The SMILES string of the molecule is Cn1ccc2c(CC3NC(=O)SC3=O)cccc21. The predicted octanol–water partition coefficient (Wildman–Crippen LogP) is 2.07. The molecule has 0 bridgehead atoms. The summed E-state index contributed by atoms with van der Waals surface area (Å²) in [6.45, 7) is 0. The van der Waals surface area contributed by atoms with Crippen LogP contribution in [-0.2, 0) is 18.3 Å². The third-order valence-electron chi connectivity index (χ3n) is 3.21. The summed E-state index contributed by atoms with van der Waals surface area (Å²) in [5, 5.41) is 3.49. The molecular formula is C13H12N2O2S. The number of hydrogen-bond donors (Lipinski definition) is 1. The lowest BCUT2D eigenvalue weighted by molar-refractivity contribution is -0.112. The maximum absolute atomic E-state index is 11.6. The number of amides is 1. The normalized spacial score (nSPS) is 19.5. The van der Waals surface area contributed by atoms with Crippen LogP contribution in [0.25, 0.3) is 10.9 Å². The Kier molecular flexibility index (Phi) is 2.63. The first-order valence-electron chi connectivity index (χ1n) is 5.70. The number of carbonyl (C=O) groups excluding carboxylic acids is 2. The molecule has 0 radical (unpaired) electrons. The van der Waals surface area contributed by atoms with Crippen LogP contribution in [-0.4, -0.2) is 21.0 Å². The molecule has 1 aliphatic rings. The molecular weight excluding hydrogens is 248 g/mol. The maximum Gasteiger partial charge on any atom is 0.287 e. The smallest absolute Gasteiger partial charge is 0.287 e. The standard InChI is InChI=1S/C13H12N2O2S/c1-15-6-5-9-8(3-2-4-11(9)15)7-10-12(16)18-13(17)14-10/h2-6,10H,7H2,1H3,(H,14,17). The zero-order chi connectivity index (χ0) is 12.7. The molecule has 4 nitrogen and oxygen atoms in total. The minimum atomic E-state index is -0.395. The van der Waals surface area contributed by atoms with E-state index in [4.69, 9.17) is 0 Å². The van der Waals surface area contributed by atoms with E-state index < -0.39 is 6.04 Å². The van der Waals surface area contributed by atoms with Gasteiger partial charge in [-0.25, -0.2) is 0 Å². The van der Waals surface area contributed by atoms with Gasteiger partial charge >= 0.3 is 0 Å². The van der Waals surface area contributed by atoms with E-state index in [0.29, 0.717) is 6.42 Å². The fourth-order valence-electron chi connectivity index (χ4n) is 2.29. The lowest BCUT2D eigenvalue weighted by Gasteiger charge is -2.09. The maximum atomic E-state index is 11.6. The van der Waals surface area contributed by atoms with Crippen LogP contribution in [0.5, 0.6) is 0 Å². The van der Waals surface area contributed by atoms with Crippen LogP contribution in [0.3, 0.4) is 0 Å². The average molecular weight is 260 g/mol. The Morgan fingerprint density at radius 3 is 2.89 bits per heavy atom. The van der Waals surface area contributed by atoms with E-state index in [2.05, 4.69) is 5.32 Å². The molecule has 5 heteroatoms. The van der Waals surface area contributed by atoms with Crippen LogP contribution in [0.2, 0.25) is 0 Å². The second-order valence-electron chi connectivity index (χ2n) is 4.39. The largest absolute Gasteiger partial charge is 0.351 e. The van der Waals surface area contributed by atoms with E-state index in [1.54, 1.807) is 0 Å². The highest BCUT2D eigenvalue weighted by Gasteiger charge is 2.31. The molecule has 1 N–H and O–H groups in total. The Labute approximate surface area is 108 Å². The van der Waals surface area contributed by atoms with Gasteiger partial charge in [-0.1, -0.05) is 12.1 Å². The highest BCUT2D eigenvalue weighted by atomic mass is 32.2. The highest BCUT2D eigenvalue weighted by Crippen LogP contribution is 2.24. The number of carbonyl (C=O) groups is 2. The van der Waals surface area contributed by atoms with Crippen LogP contribution >= 0.6 is 11.8 Å². The van der Waals surface area contributed by atoms with Gasteiger partial charge in [0, 0.05) is 42.3 Å². The topological polar surface area (TPSA) is 51.1 Å². The van der Waals surface area contributed by atoms with E-state index in [-0.39, 0.29) is 10.4 Å². The Morgan fingerprint density at radius 2 is 2.17 bits per heavy atom. The molecule has 92 valence electrons. The average Bonchev–Trinajstić information content (AvgIpc) is 2.85. The van der Waals surface area contributed by atoms with E-state index in [9.17, 15) is 9.59 Å². The van der Waals surface area contributed by atoms with Crippen molar-refractivity contribution in [2.24, 2.45) is 7.05 Å². The van der Waals surface area contributed by atoms with Gasteiger partial charge in [0.05, 0.1) is 0 Å². The molecule has 1 saturated heterocycles. The van der Waals surface area contributed by atoms with Gasteiger partial charge in [0.1, 0.15) is 6.04 Å². The second kappa shape index (κ2) is 4.17. The number of benzene rings is 1. The number of nitrogens with one attached hydrogen (secondary N) is 1. The monoisotopic (exact) mass is 260 g/mol. The van der Waals surface area contributed by atoms with Crippen molar-refractivity contribution >= 4 is 33.0 Å². The Morgan fingerprint density at radius 1 is 1.33 bits per heavy atom. The van der Waals surface area contributed by atoms with Gasteiger partial charge in [-0.05, 0) is 17.7 Å². The molecule has 1 aromatic heterocycles. The lowest BCUT2D eigenvalue weighted by atomic mass is 10.0. The Balaban J connectivity index is 1.95. The molecule has 0 saturated carbocycles. The van der Waals surface area contributed by atoms with Gasteiger partial charge in [-0.3, -0.25) is 9.59 Å². The number of hydrogen-bond acceptors (Lipinski definition) is 3. The summed E-state index contributed by atoms with van der Waals surface area (Å²) in [7, 11) is 1.99. The van der Waals surface area contributed by atoms with E-state index in [1.165, 1.54) is 0 Å². The first-order chi connectivity index (χ1) is 8.65. The number of nitrogens with zero attached hydrogens (tertiary/aromatic N) is 1. The minimum Gasteiger partial charge on any atom is -0.351 e. The summed E-state index contributed by atoms with van der Waals surface area (Å²) in [6.07, 6.45) is 2.55. The van der Waals surface area contributed by atoms with Gasteiger partial charge in [-0.15, -0.1) is 0 Å². The number of aromatic nitrogens is 1. The molecule has 0 aliphatic carbocycles. The summed E-state index contributed by atoms with van der Waals surface area (Å²) in [6, 6.07) is 7.67. The third-order valence-corrected chi connectivity index (χ3v) is 4.00. The van der Waals surface area contributed by atoms with Crippen molar-refractivity contribution in [1.82, 2.24) is 9.88 Å². The first-order valence-corrected chi connectivity index (χ1v) is 6.52. The summed E-state index contributed by atoms with van der Waals surface area (Å²) in [5.74, 6) is 0. The second-order valence-corrected chi connectivity index (χ2v) is 5.36. The van der Waals surface area contributed by atoms with Gasteiger partial charge in [0.15, 0.2) is 0 Å². The fraction of sp³-hybridized carbons (Fsp3) is 0.231. The molecule has 1 fully saturated rings. The Bertz CT molecular complexity index is 647. The molecule has 3 rings (SSSR count). The summed E-state index contributed by atoms with van der Waals surface area (Å²) >= 11 is 0.764. The molecule has 1 atom stereocenters. The summed E-state index contributed by atoms with van der Waals surface area (Å²) in [5.41, 5.74) is 2.23. The number of rotatable bonds is 2. The van der Waals surface area contributed by atoms with Crippen molar-refractivity contribution in [3.8, 4) is 0 Å². The predicted molar refractivity (Wildman–Crippen MR) is 71.5 cm³/mol. The third kappa shape index (κ3) is 1.80. The first kappa shape index (κ1) is 11.3. The van der Waals surface area contributed by atoms with Crippen LogP contribution in [0, 0.1) is 0 Å². The highest BCUT2D eigenvalue weighted by molar-refractivity contribution is 8.26. The van der Waals surface area contributed by atoms with Crippen molar-refractivity contribution in [2.75, 3.05) is 0 Å². The van der Waals surface area contributed by atoms with E-state index >= 15 is 0 Å². The zero-order valence-corrected chi connectivity index (χ0v) is 10.7. The molecule has 18 heavy (non-hydrogen) atoms. The van der Waals surface area contributed by atoms with Gasteiger partial charge in [0.25, 0.3) is 5.24 Å². The van der Waals surface area contributed by atoms with Crippen LogP contribution in [0.1, 0.15) is 5.56 Å². The van der Waals surface area contributed by atoms with E-state index in [1.807, 2.05) is 42.1 Å². The molecule has 1 aromatic carbocycles. The van der Waals surface area contributed by atoms with Crippen molar-refractivity contribution in [1.29, 1.82) is 0 Å². The number of thioether (sulfide) groups is 1. The van der Waals surface area contributed by atoms with Crippen molar-refractivity contribution in [3.05, 3.63) is 36.0 Å². The Hall–Kier alpha value is -1.75. The minimum absolute atomic E-state index is 0.0899. The van der Waals surface area contributed by atoms with Crippen LogP contribution in [0.4, 0.5) is 4.79 Å². The van der Waals surface area contributed by atoms with Crippen molar-refractivity contribution < 1.29 is 9.59 Å². The van der Waals surface area contributed by atoms with Crippen molar-refractivity contribution in [3.63, 3.8) is 0 Å². The molecule has 2 heterocycles. The molecule has 0 spiro atoms. The molecule has 1 amide bonds. The van der Waals surface area contributed by atoms with E-state index in [0.717, 1.165) is 28.2 Å². The molecule has 2 aromatic rings.